The van der Waals surface area contributed by atoms with Gasteiger partial charge in [0.1, 0.15) is 0 Å². The van der Waals surface area contributed by atoms with Crippen LogP contribution in [0.4, 0.5) is 0 Å². The van der Waals surface area contributed by atoms with Crippen LogP contribution in [0.5, 0.6) is 0 Å². The van der Waals surface area contributed by atoms with Gasteiger partial charge < -0.3 is 5.32 Å². The smallest absolute Gasteiger partial charge is 0.237 e. The highest BCUT2D eigenvalue weighted by Crippen LogP contribution is 2.21. The quantitative estimate of drug-likeness (QED) is 0.827. The maximum atomic E-state index is 12.6. The predicted molar refractivity (Wildman–Crippen MR) is 103 cm³/mol. The summed E-state index contributed by atoms with van der Waals surface area (Å²) in [6, 6.07) is 10.4. The molecule has 1 unspecified atom stereocenters. The Kier molecular flexibility index (Phi) is 6.21. The van der Waals surface area contributed by atoms with Crippen molar-refractivity contribution in [1.29, 1.82) is 0 Å². The summed E-state index contributed by atoms with van der Waals surface area (Å²) in [6.07, 6.45) is 3.85. The molecular formula is C20H27N3OS. The molecule has 134 valence electrons. The number of benzene rings is 1. The lowest BCUT2D eigenvalue weighted by Gasteiger charge is -2.23. The van der Waals surface area contributed by atoms with Gasteiger partial charge in [-0.05, 0) is 38.3 Å². The minimum Gasteiger partial charge on any atom is -0.354 e. The number of nitrogens with zero attached hydrogens (tertiary/aromatic N) is 2. The van der Waals surface area contributed by atoms with Crippen LogP contribution in [0.1, 0.15) is 40.9 Å². The molecule has 2 aromatic rings. The molecule has 1 amide bonds. The van der Waals surface area contributed by atoms with Crippen molar-refractivity contribution in [2.24, 2.45) is 0 Å². The topological polar surface area (TPSA) is 45.2 Å². The maximum absolute atomic E-state index is 12.6. The van der Waals surface area contributed by atoms with Crippen LogP contribution in [0.15, 0.2) is 30.3 Å². The van der Waals surface area contributed by atoms with Crippen molar-refractivity contribution in [3.8, 4) is 0 Å². The lowest BCUT2D eigenvalue weighted by Crippen LogP contribution is -2.43. The zero-order valence-electron chi connectivity index (χ0n) is 15.1. The van der Waals surface area contributed by atoms with Gasteiger partial charge in [0.15, 0.2) is 0 Å². The Morgan fingerprint density at radius 3 is 2.88 bits per heavy atom. The molecule has 0 spiro atoms. The van der Waals surface area contributed by atoms with Gasteiger partial charge in [-0.3, -0.25) is 9.69 Å². The van der Waals surface area contributed by atoms with E-state index >= 15 is 0 Å². The van der Waals surface area contributed by atoms with E-state index in [-0.39, 0.29) is 11.9 Å². The van der Waals surface area contributed by atoms with Crippen LogP contribution in [0.3, 0.4) is 0 Å². The van der Waals surface area contributed by atoms with Gasteiger partial charge in [0, 0.05) is 24.4 Å². The number of nitrogens with one attached hydrogen (secondary N) is 1. The van der Waals surface area contributed by atoms with Gasteiger partial charge in [0.25, 0.3) is 0 Å². The zero-order valence-corrected chi connectivity index (χ0v) is 15.9. The second-order valence-electron chi connectivity index (χ2n) is 6.62. The standard InChI is InChI=1S/C20H27N3OS/c1-3-17-15(2)25-19(22-17)11-12-21-20(24)18-10-7-13-23(18)14-16-8-5-4-6-9-16/h4-6,8-9,18H,3,7,10-14H2,1-2H3,(H,21,24). The molecule has 5 heteroatoms. The van der Waals surface area contributed by atoms with E-state index in [1.165, 1.54) is 16.1 Å². The third-order valence-corrected chi connectivity index (χ3v) is 5.88. The monoisotopic (exact) mass is 357 g/mol. The summed E-state index contributed by atoms with van der Waals surface area (Å²) < 4.78 is 0. The van der Waals surface area contributed by atoms with E-state index in [1.54, 1.807) is 11.3 Å². The SMILES string of the molecule is CCc1nc(CCNC(=O)C2CCCN2Cc2ccccc2)sc1C. The summed E-state index contributed by atoms with van der Waals surface area (Å²) in [5.41, 5.74) is 2.46. The van der Waals surface area contributed by atoms with Crippen molar-refractivity contribution in [3.05, 3.63) is 51.5 Å². The molecule has 0 bridgehead atoms. The average molecular weight is 358 g/mol. The molecule has 1 N–H and O–H groups in total. The number of hydrogen-bond acceptors (Lipinski definition) is 4. The minimum absolute atomic E-state index is 0.00411. The van der Waals surface area contributed by atoms with Crippen molar-refractivity contribution < 1.29 is 4.79 Å². The second kappa shape index (κ2) is 8.59. The van der Waals surface area contributed by atoms with Crippen molar-refractivity contribution in [2.45, 2.75) is 52.1 Å². The third-order valence-electron chi connectivity index (χ3n) is 4.80. The van der Waals surface area contributed by atoms with Crippen molar-refractivity contribution in [3.63, 3.8) is 0 Å². The van der Waals surface area contributed by atoms with Gasteiger partial charge in [-0.2, -0.15) is 0 Å². The van der Waals surface area contributed by atoms with Crippen LogP contribution in [0, 0.1) is 6.92 Å². The molecule has 1 atom stereocenters. The lowest BCUT2D eigenvalue weighted by molar-refractivity contribution is -0.125. The van der Waals surface area contributed by atoms with Crippen LogP contribution in [0.2, 0.25) is 0 Å². The summed E-state index contributed by atoms with van der Waals surface area (Å²) in [5, 5.41) is 4.25. The van der Waals surface area contributed by atoms with Crippen LogP contribution < -0.4 is 5.32 Å². The van der Waals surface area contributed by atoms with Gasteiger partial charge in [-0.25, -0.2) is 4.98 Å². The van der Waals surface area contributed by atoms with Gasteiger partial charge in [0.2, 0.25) is 5.91 Å². The Hall–Kier alpha value is -1.72. The van der Waals surface area contributed by atoms with E-state index in [2.05, 4.69) is 53.3 Å². The second-order valence-corrected chi connectivity index (χ2v) is 7.91. The normalized spacial score (nSPS) is 17.8. The minimum atomic E-state index is 0.00411. The summed E-state index contributed by atoms with van der Waals surface area (Å²) in [6.45, 7) is 6.78. The molecule has 0 radical (unpaired) electrons. The highest BCUT2D eigenvalue weighted by Gasteiger charge is 2.30. The summed E-state index contributed by atoms with van der Waals surface area (Å²) in [7, 11) is 0. The van der Waals surface area contributed by atoms with Gasteiger partial charge >= 0.3 is 0 Å². The fourth-order valence-corrected chi connectivity index (χ4v) is 4.48. The molecule has 3 rings (SSSR count). The van der Waals surface area contributed by atoms with E-state index in [9.17, 15) is 4.79 Å². The number of carbonyl (C=O) groups excluding carboxylic acids is 1. The average Bonchev–Trinajstić information content (AvgIpc) is 3.22. The highest BCUT2D eigenvalue weighted by atomic mass is 32.1. The fraction of sp³-hybridized carbons (Fsp3) is 0.500. The molecule has 1 aromatic heterocycles. The van der Waals surface area contributed by atoms with Gasteiger partial charge in [-0.1, -0.05) is 37.3 Å². The Bertz CT molecular complexity index is 698. The summed E-state index contributed by atoms with van der Waals surface area (Å²) in [5.74, 6) is 0.164. The highest BCUT2D eigenvalue weighted by molar-refractivity contribution is 7.11. The Morgan fingerprint density at radius 2 is 2.16 bits per heavy atom. The van der Waals surface area contributed by atoms with E-state index in [0.717, 1.165) is 43.8 Å². The molecule has 1 aromatic carbocycles. The molecule has 4 nitrogen and oxygen atoms in total. The first-order valence-electron chi connectivity index (χ1n) is 9.18. The molecule has 1 aliphatic heterocycles. The molecule has 1 aliphatic rings. The molecule has 25 heavy (non-hydrogen) atoms. The molecule has 1 fully saturated rings. The Morgan fingerprint density at radius 1 is 1.36 bits per heavy atom. The Balaban J connectivity index is 1.49. The molecular weight excluding hydrogens is 330 g/mol. The fourth-order valence-electron chi connectivity index (χ4n) is 3.46. The number of aromatic nitrogens is 1. The van der Waals surface area contributed by atoms with Crippen LogP contribution in [-0.2, 0) is 24.2 Å². The van der Waals surface area contributed by atoms with Crippen molar-refractivity contribution in [2.75, 3.05) is 13.1 Å². The molecule has 2 heterocycles. The molecule has 0 saturated carbocycles. The van der Waals surface area contributed by atoms with Crippen LogP contribution in [0.25, 0.3) is 0 Å². The summed E-state index contributed by atoms with van der Waals surface area (Å²) >= 11 is 1.75. The zero-order chi connectivity index (χ0) is 17.6. The molecule has 1 saturated heterocycles. The molecule has 0 aliphatic carbocycles. The number of carbonyl (C=O) groups is 1. The third kappa shape index (κ3) is 4.67. The predicted octanol–water partition coefficient (Wildman–Crippen LogP) is 3.34. The maximum Gasteiger partial charge on any atom is 0.237 e. The lowest BCUT2D eigenvalue weighted by atomic mass is 10.1. The summed E-state index contributed by atoms with van der Waals surface area (Å²) in [4.78, 5) is 20.8. The van der Waals surface area contributed by atoms with E-state index in [1.807, 2.05) is 6.07 Å². The van der Waals surface area contributed by atoms with Gasteiger partial charge in [-0.15, -0.1) is 11.3 Å². The Labute approximate surface area is 154 Å². The van der Waals surface area contributed by atoms with E-state index in [4.69, 9.17) is 0 Å². The number of aryl methyl sites for hydroxylation is 2. The number of hydrogen-bond donors (Lipinski definition) is 1. The van der Waals surface area contributed by atoms with Crippen LogP contribution in [-0.4, -0.2) is 34.9 Å². The number of thiazole rings is 1. The number of amides is 1. The van der Waals surface area contributed by atoms with E-state index < -0.39 is 0 Å². The first kappa shape index (κ1) is 18.1. The number of rotatable bonds is 7. The van der Waals surface area contributed by atoms with Crippen LogP contribution >= 0.6 is 11.3 Å². The van der Waals surface area contributed by atoms with E-state index in [0.29, 0.717) is 6.54 Å². The first-order valence-corrected chi connectivity index (χ1v) is 10.00. The number of likely N-dealkylation sites (tertiary alicyclic amines) is 1. The van der Waals surface area contributed by atoms with Crippen molar-refractivity contribution in [1.82, 2.24) is 15.2 Å². The largest absolute Gasteiger partial charge is 0.354 e. The van der Waals surface area contributed by atoms with Gasteiger partial charge in [0.05, 0.1) is 16.7 Å². The first-order chi connectivity index (χ1) is 12.2. The van der Waals surface area contributed by atoms with Crippen molar-refractivity contribution >= 4 is 17.2 Å².